The minimum Gasteiger partial charge on any atom is -0.372 e. The Bertz CT molecular complexity index is 467. The van der Waals surface area contributed by atoms with Gasteiger partial charge in [0.1, 0.15) is 16.9 Å². The van der Waals surface area contributed by atoms with Crippen molar-refractivity contribution in [3.8, 4) is 6.07 Å². The number of anilines is 1. The molecule has 0 spiro atoms. The third-order valence-electron chi connectivity index (χ3n) is 2.72. The number of morpholine rings is 1. The molecule has 2 heterocycles. The summed E-state index contributed by atoms with van der Waals surface area (Å²) in [7, 11) is 0. The summed E-state index contributed by atoms with van der Waals surface area (Å²) in [6.07, 6.45) is 1.61. The van der Waals surface area contributed by atoms with Gasteiger partial charge in [0.2, 0.25) is 0 Å². The van der Waals surface area contributed by atoms with E-state index < -0.39 is 0 Å². The Labute approximate surface area is 106 Å². The van der Waals surface area contributed by atoms with Crippen LogP contribution >= 0.6 is 11.6 Å². The van der Waals surface area contributed by atoms with Crippen LogP contribution in [0.2, 0.25) is 5.02 Å². The van der Waals surface area contributed by atoms with E-state index in [4.69, 9.17) is 21.6 Å². The van der Waals surface area contributed by atoms with Gasteiger partial charge in [-0.3, -0.25) is 0 Å². The molecule has 1 aliphatic heterocycles. The van der Waals surface area contributed by atoms with E-state index in [0.29, 0.717) is 29.6 Å². The van der Waals surface area contributed by atoms with Crippen molar-refractivity contribution in [1.82, 2.24) is 4.98 Å². The number of hydrogen-bond donors (Lipinski definition) is 0. The van der Waals surface area contributed by atoms with Crippen molar-refractivity contribution < 1.29 is 4.74 Å². The van der Waals surface area contributed by atoms with E-state index in [0.717, 1.165) is 6.54 Å². The minimum atomic E-state index is -0.216. The fourth-order valence-corrected chi connectivity index (χ4v) is 2.21. The first-order valence-electron chi connectivity index (χ1n) is 5.47. The normalized spacial score (nSPS) is 18.8. The lowest BCUT2D eigenvalue weighted by Gasteiger charge is -2.39. The van der Waals surface area contributed by atoms with Crippen molar-refractivity contribution in [1.29, 1.82) is 5.26 Å². The lowest BCUT2D eigenvalue weighted by Crippen LogP contribution is -2.48. The lowest BCUT2D eigenvalue weighted by atomic mass is 10.1. The van der Waals surface area contributed by atoms with E-state index in [9.17, 15) is 0 Å². The average Bonchev–Trinajstić information content (AvgIpc) is 2.28. The highest BCUT2D eigenvalue weighted by Crippen LogP contribution is 2.29. The molecule has 1 aliphatic rings. The summed E-state index contributed by atoms with van der Waals surface area (Å²) < 4.78 is 5.64. The lowest BCUT2D eigenvalue weighted by molar-refractivity contribution is -0.0279. The molecule has 17 heavy (non-hydrogen) atoms. The van der Waals surface area contributed by atoms with Gasteiger partial charge in [0.15, 0.2) is 0 Å². The summed E-state index contributed by atoms with van der Waals surface area (Å²) in [6.45, 7) is 6.16. The van der Waals surface area contributed by atoms with Crippen molar-refractivity contribution in [2.75, 3.05) is 24.6 Å². The van der Waals surface area contributed by atoms with Crippen LogP contribution in [0.25, 0.3) is 0 Å². The number of aromatic nitrogens is 1. The highest BCUT2D eigenvalue weighted by Gasteiger charge is 2.29. The number of halogens is 1. The van der Waals surface area contributed by atoms with Gasteiger partial charge in [0.05, 0.1) is 17.8 Å². The Morgan fingerprint density at radius 1 is 1.59 bits per heavy atom. The molecule has 0 radical (unpaired) electrons. The zero-order valence-corrected chi connectivity index (χ0v) is 10.7. The van der Waals surface area contributed by atoms with Crippen LogP contribution < -0.4 is 4.90 Å². The van der Waals surface area contributed by atoms with E-state index in [2.05, 4.69) is 16.0 Å². The van der Waals surface area contributed by atoms with Crippen molar-refractivity contribution in [3.63, 3.8) is 0 Å². The van der Waals surface area contributed by atoms with Gasteiger partial charge in [-0.15, -0.1) is 0 Å². The predicted molar refractivity (Wildman–Crippen MR) is 66.2 cm³/mol. The molecule has 2 rings (SSSR count). The maximum absolute atomic E-state index is 8.94. The zero-order valence-electron chi connectivity index (χ0n) is 9.90. The Morgan fingerprint density at radius 3 is 3.00 bits per heavy atom. The Kier molecular flexibility index (Phi) is 3.23. The van der Waals surface area contributed by atoms with Gasteiger partial charge >= 0.3 is 0 Å². The second-order valence-corrected chi connectivity index (χ2v) is 5.02. The molecule has 1 aromatic heterocycles. The first kappa shape index (κ1) is 12.2. The van der Waals surface area contributed by atoms with Crippen LogP contribution in [0.15, 0.2) is 12.3 Å². The van der Waals surface area contributed by atoms with Crippen molar-refractivity contribution in [2.45, 2.75) is 19.4 Å². The molecule has 0 aliphatic carbocycles. The molecular weight excluding hydrogens is 238 g/mol. The van der Waals surface area contributed by atoms with Crippen LogP contribution in [-0.4, -0.2) is 30.3 Å². The Morgan fingerprint density at radius 2 is 2.35 bits per heavy atom. The topological polar surface area (TPSA) is 49.2 Å². The highest BCUT2D eigenvalue weighted by atomic mass is 35.5. The van der Waals surface area contributed by atoms with E-state index >= 15 is 0 Å². The Balaban J connectivity index is 2.32. The van der Waals surface area contributed by atoms with Gasteiger partial charge in [0.25, 0.3) is 0 Å². The van der Waals surface area contributed by atoms with Gasteiger partial charge in [-0.2, -0.15) is 5.26 Å². The van der Waals surface area contributed by atoms with Crippen molar-refractivity contribution in [2.24, 2.45) is 0 Å². The molecule has 0 saturated carbocycles. The predicted octanol–water partition coefficient (Wildman–Crippen LogP) is 2.22. The fraction of sp³-hybridized carbons (Fsp3) is 0.500. The number of pyridine rings is 1. The van der Waals surface area contributed by atoms with Crippen LogP contribution in [0.3, 0.4) is 0 Å². The van der Waals surface area contributed by atoms with Gasteiger partial charge in [-0.05, 0) is 19.9 Å². The smallest absolute Gasteiger partial charge is 0.148 e. The molecule has 0 unspecified atom stereocenters. The third kappa shape index (κ3) is 2.51. The van der Waals surface area contributed by atoms with E-state index in [1.165, 1.54) is 0 Å². The van der Waals surface area contributed by atoms with E-state index in [1.54, 1.807) is 12.3 Å². The average molecular weight is 252 g/mol. The maximum atomic E-state index is 8.94. The molecule has 0 atom stereocenters. The summed E-state index contributed by atoms with van der Waals surface area (Å²) in [5.41, 5.74) is 0.243. The molecule has 0 N–H and O–H groups in total. The molecule has 0 aromatic carbocycles. The van der Waals surface area contributed by atoms with Crippen molar-refractivity contribution in [3.05, 3.63) is 22.8 Å². The first-order chi connectivity index (χ1) is 8.03. The van der Waals surface area contributed by atoms with Crippen LogP contribution in [0.4, 0.5) is 5.82 Å². The summed E-state index contributed by atoms with van der Waals surface area (Å²) in [4.78, 5) is 6.33. The number of nitrogens with zero attached hydrogens (tertiary/aromatic N) is 3. The second kappa shape index (κ2) is 4.52. The number of ether oxygens (including phenoxy) is 1. The molecular formula is C12H14ClN3O. The standard InChI is InChI=1S/C12H14ClN3O/c1-12(2)8-16(5-6-17-12)11-10(13)9(7-14)3-4-15-11/h3-4H,5-6,8H2,1-2H3. The second-order valence-electron chi connectivity index (χ2n) is 4.64. The number of rotatable bonds is 1. The largest absolute Gasteiger partial charge is 0.372 e. The number of nitriles is 1. The molecule has 1 fully saturated rings. The fourth-order valence-electron chi connectivity index (χ4n) is 1.94. The van der Waals surface area contributed by atoms with Crippen molar-refractivity contribution >= 4 is 17.4 Å². The molecule has 0 amide bonds. The van der Waals surface area contributed by atoms with Gasteiger partial charge in [0, 0.05) is 19.3 Å². The molecule has 5 heteroatoms. The van der Waals surface area contributed by atoms with Crippen LogP contribution in [0.1, 0.15) is 19.4 Å². The van der Waals surface area contributed by atoms with Crippen LogP contribution in [0, 0.1) is 11.3 Å². The third-order valence-corrected chi connectivity index (χ3v) is 3.09. The summed E-state index contributed by atoms with van der Waals surface area (Å²) in [5, 5.41) is 9.36. The number of hydrogen-bond acceptors (Lipinski definition) is 4. The maximum Gasteiger partial charge on any atom is 0.148 e. The van der Waals surface area contributed by atoms with Gasteiger partial charge in [-0.1, -0.05) is 11.6 Å². The monoisotopic (exact) mass is 251 g/mol. The SMILES string of the molecule is CC1(C)CN(c2nccc(C#N)c2Cl)CCO1. The first-order valence-corrected chi connectivity index (χ1v) is 5.85. The summed E-state index contributed by atoms with van der Waals surface area (Å²) >= 11 is 6.17. The van der Waals surface area contributed by atoms with E-state index in [1.807, 2.05) is 13.8 Å². The molecule has 90 valence electrons. The zero-order chi connectivity index (χ0) is 12.5. The molecule has 0 bridgehead atoms. The summed E-state index contributed by atoms with van der Waals surface area (Å²) in [6, 6.07) is 3.69. The van der Waals surface area contributed by atoms with Crippen LogP contribution in [-0.2, 0) is 4.74 Å². The molecule has 1 aromatic rings. The van der Waals surface area contributed by atoms with Gasteiger partial charge in [-0.25, -0.2) is 4.98 Å². The molecule has 1 saturated heterocycles. The van der Waals surface area contributed by atoms with Crippen LogP contribution in [0.5, 0.6) is 0 Å². The highest BCUT2D eigenvalue weighted by molar-refractivity contribution is 6.34. The van der Waals surface area contributed by atoms with E-state index in [-0.39, 0.29) is 5.60 Å². The van der Waals surface area contributed by atoms with Gasteiger partial charge < -0.3 is 9.64 Å². The Hall–Kier alpha value is -1.31. The quantitative estimate of drug-likeness (QED) is 0.768. The minimum absolute atomic E-state index is 0.216. The molecule has 4 nitrogen and oxygen atoms in total. The summed E-state index contributed by atoms with van der Waals surface area (Å²) in [5.74, 6) is 0.669.